The zero-order valence-corrected chi connectivity index (χ0v) is 14.7. The number of carbonyl (C=O) groups excluding carboxylic acids is 1. The lowest BCUT2D eigenvalue weighted by Gasteiger charge is -2.14. The van der Waals surface area contributed by atoms with Crippen molar-refractivity contribution >= 4 is 47.0 Å². The molecule has 0 radical (unpaired) electrons. The molecule has 1 atom stereocenters. The van der Waals surface area contributed by atoms with E-state index in [-0.39, 0.29) is 10.7 Å². The van der Waals surface area contributed by atoms with Crippen LogP contribution in [0.3, 0.4) is 0 Å². The average Bonchev–Trinajstić information content (AvgIpc) is 2.50. The number of halogens is 1. The van der Waals surface area contributed by atoms with E-state index in [9.17, 15) is 9.59 Å². The molecule has 0 aliphatic carbocycles. The Morgan fingerprint density at radius 3 is 2.77 bits per heavy atom. The highest BCUT2D eigenvalue weighted by Crippen LogP contribution is 2.19. The van der Waals surface area contributed by atoms with Gasteiger partial charge in [-0.15, -0.1) is 0 Å². The topological polar surface area (TPSA) is 92.2 Å². The maximum absolute atomic E-state index is 12.2. The van der Waals surface area contributed by atoms with E-state index in [1.165, 1.54) is 29.7 Å². The van der Waals surface area contributed by atoms with Gasteiger partial charge in [0.25, 0.3) is 5.91 Å². The number of carboxylic acids is 1. The van der Waals surface area contributed by atoms with Gasteiger partial charge in [-0.3, -0.25) is 4.79 Å². The molecule has 6 nitrogen and oxygen atoms in total. The number of rotatable bonds is 9. The SMILES string of the molecule is CCCSc1ncc(Cl)c(C(=O)N[C@H](CCSC)C(=O)O)n1. The molecule has 1 heterocycles. The Bertz CT molecular complexity index is 531. The molecule has 1 rings (SSSR count). The van der Waals surface area contributed by atoms with E-state index in [1.54, 1.807) is 0 Å². The van der Waals surface area contributed by atoms with E-state index in [0.29, 0.717) is 17.3 Å². The molecular weight excluding hydrogens is 346 g/mol. The Morgan fingerprint density at radius 1 is 1.45 bits per heavy atom. The van der Waals surface area contributed by atoms with Crippen molar-refractivity contribution in [3.05, 3.63) is 16.9 Å². The van der Waals surface area contributed by atoms with Gasteiger partial charge in [0.15, 0.2) is 10.9 Å². The largest absolute Gasteiger partial charge is 0.480 e. The quantitative estimate of drug-likeness (QED) is 0.514. The van der Waals surface area contributed by atoms with Crippen LogP contribution in [0.2, 0.25) is 5.02 Å². The zero-order valence-electron chi connectivity index (χ0n) is 12.3. The number of hydrogen-bond acceptors (Lipinski definition) is 6. The summed E-state index contributed by atoms with van der Waals surface area (Å²) < 4.78 is 0. The fraction of sp³-hybridized carbons (Fsp3) is 0.538. The molecule has 0 unspecified atom stereocenters. The summed E-state index contributed by atoms with van der Waals surface area (Å²) in [5, 5.41) is 12.2. The zero-order chi connectivity index (χ0) is 16.5. The molecule has 0 aliphatic rings. The fourth-order valence-electron chi connectivity index (χ4n) is 1.49. The van der Waals surface area contributed by atoms with Crippen molar-refractivity contribution in [1.82, 2.24) is 15.3 Å². The van der Waals surface area contributed by atoms with Gasteiger partial charge in [-0.25, -0.2) is 14.8 Å². The number of hydrogen-bond donors (Lipinski definition) is 2. The molecule has 0 aromatic carbocycles. The summed E-state index contributed by atoms with van der Waals surface area (Å²) >= 11 is 8.88. The summed E-state index contributed by atoms with van der Waals surface area (Å²) in [6.07, 6.45) is 4.52. The predicted octanol–water partition coefficient (Wildman–Crippen LogP) is 2.57. The minimum Gasteiger partial charge on any atom is -0.480 e. The van der Waals surface area contributed by atoms with Crippen LogP contribution in [-0.4, -0.2) is 50.8 Å². The molecule has 0 spiro atoms. The van der Waals surface area contributed by atoms with Gasteiger partial charge in [0.2, 0.25) is 0 Å². The van der Waals surface area contributed by atoms with Crippen molar-refractivity contribution in [3.8, 4) is 0 Å². The Morgan fingerprint density at radius 2 is 2.18 bits per heavy atom. The molecule has 1 amide bonds. The van der Waals surface area contributed by atoms with Crippen LogP contribution in [0.5, 0.6) is 0 Å². The third-order valence-corrected chi connectivity index (χ3v) is 4.57. The first-order chi connectivity index (χ1) is 10.5. The number of aromatic nitrogens is 2. The summed E-state index contributed by atoms with van der Waals surface area (Å²) in [6, 6.07) is -0.960. The standard InChI is InChI=1S/C13H18ClN3O3S2/c1-3-5-22-13-15-7-8(14)10(17-13)11(18)16-9(12(19)20)4-6-21-2/h7,9H,3-6H2,1-2H3,(H,16,18)(H,19,20)/t9-/m1/s1. The van der Waals surface area contributed by atoms with Crippen LogP contribution in [0.1, 0.15) is 30.3 Å². The predicted molar refractivity (Wildman–Crippen MR) is 89.9 cm³/mol. The number of nitrogens with zero attached hydrogens (tertiary/aromatic N) is 2. The van der Waals surface area contributed by atoms with Gasteiger partial charge in [0.05, 0.1) is 11.2 Å². The molecule has 0 fully saturated rings. The van der Waals surface area contributed by atoms with Gasteiger partial charge in [0, 0.05) is 5.75 Å². The second-order valence-corrected chi connectivity index (χ2v) is 6.80. The number of aliphatic carboxylic acids is 1. The summed E-state index contributed by atoms with van der Waals surface area (Å²) in [6.45, 7) is 2.03. The van der Waals surface area contributed by atoms with Crippen LogP contribution < -0.4 is 5.32 Å². The highest BCUT2D eigenvalue weighted by molar-refractivity contribution is 7.99. The van der Waals surface area contributed by atoms with Gasteiger partial charge in [-0.05, 0) is 24.9 Å². The van der Waals surface area contributed by atoms with Gasteiger partial charge >= 0.3 is 5.97 Å². The summed E-state index contributed by atoms with van der Waals surface area (Å²) in [7, 11) is 0. The molecule has 9 heteroatoms. The van der Waals surface area contributed by atoms with E-state index in [4.69, 9.17) is 16.7 Å². The molecule has 122 valence electrons. The fourth-order valence-corrected chi connectivity index (χ4v) is 2.81. The first kappa shape index (κ1) is 19.1. The molecule has 0 saturated carbocycles. The molecule has 0 bridgehead atoms. The average molecular weight is 364 g/mol. The van der Waals surface area contributed by atoms with Crippen LogP contribution in [0.4, 0.5) is 0 Å². The van der Waals surface area contributed by atoms with Crippen molar-refractivity contribution < 1.29 is 14.7 Å². The smallest absolute Gasteiger partial charge is 0.326 e. The maximum Gasteiger partial charge on any atom is 0.326 e. The van der Waals surface area contributed by atoms with Crippen LogP contribution in [0.15, 0.2) is 11.4 Å². The minimum absolute atomic E-state index is 0.00525. The minimum atomic E-state index is -1.08. The Kier molecular flexibility index (Phi) is 8.59. The van der Waals surface area contributed by atoms with E-state index in [0.717, 1.165) is 12.2 Å². The first-order valence-electron chi connectivity index (χ1n) is 6.67. The molecule has 22 heavy (non-hydrogen) atoms. The molecule has 0 aliphatic heterocycles. The first-order valence-corrected chi connectivity index (χ1v) is 9.43. The van der Waals surface area contributed by atoms with Gasteiger partial charge < -0.3 is 10.4 Å². The highest BCUT2D eigenvalue weighted by Gasteiger charge is 2.22. The highest BCUT2D eigenvalue weighted by atomic mass is 35.5. The number of carboxylic acid groups (broad SMARTS) is 1. The second-order valence-electron chi connectivity index (χ2n) is 4.34. The lowest BCUT2D eigenvalue weighted by molar-refractivity contribution is -0.139. The van der Waals surface area contributed by atoms with Crippen LogP contribution in [-0.2, 0) is 4.79 Å². The third-order valence-electron chi connectivity index (χ3n) is 2.59. The van der Waals surface area contributed by atoms with Crippen molar-refractivity contribution in [2.24, 2.45) is 0 Å². The van der Waals surface area contributed by atoms with Crippen LogP contribution in [0, 0.1) is 0 Å². The van der Waals surface area contributed by atoms with Gasteiger partial charge in [-0.2, -0.15) is 11.8 Å². The summed E-state index contributed by atoms with van der Waals surface area (Å²) in [4.78, 5) is 31.5. The number of thioether (sulfide) groups is 2. The van der Waals surface area contributed by atoms with E-state index >= 15 is 0 Å². The lowest BCUT2D eigenvalue weighted by Crippen LogP contribution is -2.41. The summed E-state index contributed by atoms with van der Waals surface area (Å²) in [5.41, 5.74) is 0.00525. The Hall–Kier alpha value is -0.990. The molecule has 1 aromatic rings. The third kappa shape index (κ3) is 6.02. The molecular formula is C13H18ClN3O3S2. The molecule has 2 N–H and O–H groups in total. The van der Waals surface area contributed by atoms with Crippen LogP contribution >= 0.6 is 35.1 Å². The van der Waals surface area contributed by atoms with E-state index in [2.05, 4.69) is 15.3 Å². The Labute approximate surface area is 142 Å². The maximum atomic E-state index is 12.2. The second kappa shape index (κ2) is 9.91. The number of amides is 1. The number of nitrogens with one attached hydrogen (secondary N) is 1. The van der Waals surface area contributed by atoms with Crippen molar-refractivity contribution in [2.75, 3.05) is 17.8 Å². The van der Waals surface area contributed by atoms with Crippen LogP contribution in [0.25, 0.3) is 0 Å². The van der Waals surface area contributed by atoms with Gasteiger partial charge in [0.1, 0.15) is 6.04 Å². The monoisotopic (exact) mass is 363 g/mol. The Balaban J connectivity index is 2.84. The van der Waals surface area contributed by atoms with Crippen molar-refractivity contribution in [3.63, 3.8) is 0 Å². The molecule has 1 aromatic heterocycles. The normalized spacial score (nSPS) is 12.0. The van der Waals surface area contributed by atoms with Gasteiger partial charge in [-0.1, -0.05) is 30.3 Å². The van der Waals surface area contributed by atoms with E-state index < -0.39 is 17.9 Å². The van der Waals surface area contributed by atoms with E-state index in [1.807, 2.05) is 13.2 Å². The van der Waals surface area contributed by atoms with Crippen molar-refractivity contribution in [1.29, 1.82) is 0 Å². The molecule has 0 saturated heterocycles. The summed E-state index contributed by atoms with van der Waals surface area (Å²) in [5.74, 6) is -0.215. The number of carbonyl (C=O) groups is 2. The van der Waals surface area contributed by atoms with Crippen molar-refractivity contribution in [2.45, 2.75) is 31.0 Å². The lowest BCUT2D eigenvalue weighted by atomic mass is 10.2.